The first kappa shape index (κ1) is 14.0. The zero-order chi connectivity index (χ0) is 14.7. The third-order valence-electron chi connectivity index (χ3n) is 3.48. The van der Waals surface area contributed by atoms with Crippen LogP contribution in [0.25, 0.3) is 0 Å². The smallest absolute Gasteiger partial charge is 0.234 e. The molecule has 1 aromatic heterocycles. The molecule has 21 heavy (non-hydrogen) atoms. The summed E-state index contributed by atoms with van der Waals surface area (Å²) in [4.78, 5) is 19.5. The van der Waals surface area contributed by atoms with Gasteiger partial charge in [-0.1, -0.05) is 30.3 Å². The van der Waals surface area contributed by atoms with E-state index in [4.69, 9.17) is 5.73 Å². The van der Waals surface area contributed by atoms with Gasteiger partial charge in [-0.2, -0.15) is 0 Å². The van der Waals surface area contributed by atoms with E-state index in [0.717, 1.165) is 25.2 Å². The number of carbonyl (C=O) groups excluding carboxylic acids is 1. The Morgan fingerprint density at radius 3 is 2.90 bits per heavy atom. The van der Waals surface area contributed by atoms with Gasteiger partial charge < -0.3 is 11.1 Å². The molecule has 1 aliphatic rings. The molecule has 0 unspecified atom stereocenters. The Morgan fingerprint density at radius 2 is 2.14 bits per heavy atom. The monoisotopic (exact) mass is 302 g/mol. The summed E-state index contributed by atoms with van der Waals surface area (Å²) in [5.41, 5.74) is 7.93. The lowest BCUT2D eigenvalue weighted by Gasteiger charge is -2.14. The first-order valence-corrected chi connectivity index (χ1v) is 7.79. The lowest BCUT2D eigenvalue weighted by molar-refractivity contribution is -0.122. The molecule has 0 saturated carbocycles. The molecule has 5 nitrogen and oxygen atoms in total. The van der Waals surface area contributed by atoms with Crippen LogP contribution in [0.1, 0.15) is 16.1 Å². The third kappa shape index (κ3) is 3.59. The molecule has 0 saturated heterocycles. The molecular weight excluding hydrogens is 284 g/mol. The molecule has 2 aromatic rings. The molecule has 1 aromatic carbocycles. The lowest BCUT2D eigenvalue weighted by Crippen LogP contribution is -2.35. The highest BCUT2D eigenvalue weighted by Crippen LogP contribution is 2.28. The van der Waals surface area contributed by atoms with Gasteiger partial charge in [0.1, 0.15) is 0 Å². The largest absolute Gasteiger partial charge is 0.375 e. The van der Waals surface area contributed by atoms with Crippen molar-refractivity contribution in [1.29, 1.82) is 0 Å². The molecule has 0 aliphatic carbocycles. The number of hydrogen-bond donors (Lipinski definition) is 2. The average Bonchev–Trinajstić information content (AvgIpc) is 2.96. The summed E-state index contributed by atoms with van der Waals surface area (Å²) in [7, 11) is 0. The maximum atomic E-state index is 11.9. The van der Waals surface area contributed by atoms with Crippen LogP contribution in [0.3, 0.4) is 0 Å². The first-order chi connectivity index (χ1) is 10.2. The molecule has 3 N–H and O–H groups in total. The van der Waals surface area contributed by atoms with Crippen molar-refractivity contribution in [2.45, 2.75) is 19.5 Å². The molecule has 0 atom stereocenters. The molecule has 3 rings (SSSR count). The Labute approximate surface area is 127 Å². The number of amides is 1. The highest BCUT2D eigenvalue weighted by atomic mass is 32.1. The first-order valence-electron chi connectivity index (χ1n) is 6.98. The van der Waals surface area contributed by atoms with E-state index in [2.05, 4.69) is 27.3 Å². The number of nitrogen functional groups attached to an aromatic ring is 1. The van der Waals surface area contributed by atoms with E-state index in [9.17, 15) is 4.79 Å². The number of thiazole rings is 1. The molecule has 0 spiro atoms. The van der Waals surface area contributed by atoms with Crippen molar-refractivity contribution in [1.82, 2.24) is 15.2 Å². The van der Waals surface area contributed by atoms with E-state index in [0.29, 0.717) is 18.2 Å². The van der Waals surface area contributed by atoms with Gasteiger partial charge in [0.2, 0.25) is 5.91 Å². The SMILES string of the molecule is Nc1nc2c(s1)CN(CC(=O)NCCc1ccccc1)C2. The number of aromatic nitrogens is 1. The van der Waals surface area contributed by atoms with Gasteiger partial charge in [0.25, 0.3) is 0 Å². The van der Waals surface area contributed by atoms with Crippen LogP contribution in [-0.2, 0) is 24.3 Å². The summed E-state index contributed by atoms with van der Waals surface area (Å²) in [5, 5.41) is 3.58. The Hall–Kier alpha value is -1.92. The minimum atomic E-state index is 0.0639. The quantitative estimate of drug-likeness (QED) is 0.876. The molecule has 110 valence electrons. The average molecular weight is 302 g/mol. The van der Waals surface area contributed by atoms with Crippen LogP contribution in [0.2, 0.25) is 0 Å². The van der Waals surface area contributed by atoms with Gasteiger partial charge in [0.15, 0.2) is 5.13 Å². The Morgan fingerprint density at radius 1 is 1.33 bits per heavy atom. The summed E-state index contributed by atoms with van der Waals surface area (Å²) in [6.07, 6.45) is 0.859. The van der Waals surface area contributed by atoms with Crippen molar-refractivity contribution in [3.05, 3.63) is 46.5 Å². The number of hydrogen-bond acceptors (Lipinski definition) is 5. The molecule has 1 amide bonds. The Kier molecular flexibility index (Phi) is 4.17. The number of rotatable bonds is 5. The highest BCUT2D eigenvalue weighted by Gasteiger charge is 2.24. The van der Waals surface area contributed by atoms with Gasteiger partial charge in [-0.05, 0) is 12.0 Å². The lowest BCUT2D eigenvalue weighted by atomic mass is 10.1. The van der Waals surface area contributed by atoms with Crippen LogP contribution in [0.4, 0.5) is 5.13 Å². The number of carbonyl (C=O) groups is 1. The zero-order valence-electron chi connectivity index (χ0n) is 11.7. The predicted octanol–water partition coefficient (Wildman–Crippen LogP) is 1.40. The summed E-state index contributed by atoms with van der Waals surface area (Å²) in [5.74, 6) is 0.0639. The van der Waals surface area contributed by atoms with Crippen LogP contribution < -0.4 is 11.1 Å². The van der Waals surface area contributed by atoms with E-state index >= 15 is 0 Å². The van der Waals surface area contributed by atoms with Crippen molar-refractivity contribution >= 4 is 22.4 Å². The minimum absolute atomic E-state index is 0.0639. The van der Waals surface area contributed by atoms with E-state index in [1.807, 2.05) is 18.2 Å². The summed E-state index contributed by atoms with van der Waals surface area (Å²) >= 11 is 1.52. The number of fused-ring (bicyclic) bond motifs is 1. The minimum Gasteiger partial charge on any atom is -0.375 e. The molecule has 0 radical (unpaired) electrons. The molecule has 0 fully saturated rings. The topological polar surface area (TPSA) is 71.2 Å². The zero-order valence-corrected chi connectivity index (χ0v) is 12.5. The number of nitrogens with zero attached hydrogens (tertiary/aromatic N) is 2. The van der Waals surface area contributed by atoms with Crippen LogP contribution >= 0.6 is 11.3 Å². The Bertz CT molecular complexity index is 602. The van der Waals surface area contributed by atoms with Crippen molar-refractivity contribution in [3.8, 4) is 0 Å². The molecule has 6 heteroatoms. The van der Waals surface area contributed by atoms with Gasteiger partial charge in [-0.25, -0.2) is 4.98 Å². The van der Waals surface area contributed by atoms with E-state index in [1.165, 1.54) is 21.8 Å². The van der Waals surface area contributed by atoms with Crippen molar-refractivity contribution < 1.29 is 4.79 Å². The van der Waals surface area contributed by atoms with Gasteiger partial charge in [0.05, 0.1) is 12.2 Å². The second-order valence-electron chi connectivity index (χ2n) is 5.15. The second-order valence-corrected chi connectivity index (χ2v) is 6.27. The fourth-order valence-corrected chi connectivity index (χ4v) is 3.37. The molecule has 0 bridgehead atoms. The fraction of sp³-hybridized carbons (Fsp3) is 0.333. The van der Waals surface area contributed by atoms with Crippen LogP contribution in [-0.4, -0.2) is 28.9 Å². The van der Waals surface area contributed by atoms with Crippen LogP contribution in [0, 0.1) is 0 Å². The fourth-order valence-electron chi connectivity index (χ4n) is 2.48. The number of anilines is 1. The van der Waals surface area contributed by atoms with Gasteiger partial charge in [-0.3, -0.25) is 9.69 Å². The highest BCUT2D eigenvalue weighted by molar-refractivity contribution is 7.15. The normalized spacial score (nSPS) is 14.1. The van der Waals surface area contributed by atoms with E-state index in [1.54, 1.807) is 0 Å². The summed E-state index contributed by atoms with van der Waals surface area (Å²) < 4.78 is 0. The number of benzene rings is 1. The second kappa shape index (κ2) is 6.24. The van der Waals surface area contributed by atoms with Gasteiger partial charge in [0, 0.05) is 24.5 Å². The Balaban J connectivity index is 1.40. The predicted molar refractivity (Wildman–Crippen MR) is 83.8 cm³/mol. The maximum Gasteiger partial charge on any atom is 0.234 e. The maximum absolute atomic E-state index is 11.9. The van der Waals surface area contributed by atoms with Crippen molar-refractivity contribution in [3.63, 3.8) is 0 Å². The molecule has 1 aliphatic heterocycles. The van der Waals surface area contributed by atoms with E-state index < -0.39 is 0 Å². The summed E-state index contributed by atoms with van der Waals surface area (Å²) in [6.45, 7) is 2.58. The van der Waals surface area contributed by atoms with Crippen LogP contribution in [0.15, 0.2) is 30.3 Å². The van der Waals surface area contributed by atoms with Crippen LogP contribution in [0.5, 0.6) is 0 Å². The third-order valence-corrected chi connectivity index (χ3v) is 4.39. The number of nitrogens with one attached hydrogen (secondary N) is 1. The van der Waals surface area contributed by atoms with Gasteiger partial charge in [-0.15, -0.1) is 11.3 Å². The standard InChI is InChI=1S/C15H18N4OS/c16-15-18-12-8-19(9-13(12)21-15)10-14(20)17-7-6-11-4-2-1-3-5-11/h1-5H,6-10H2,(H2,16,18)(H,17,20). The van der Waals surface area contributed by atoms with Crippen molar-refractivity contribution in [2.75, 3.05) is 18.8 Å². The number of nitrogens with two attached hydrogens (primary N) is 1. The van der Waals surface area contributed by atoms with Gasteiger partial charge >= 0.3 is 0 Å². The van der Waals surface area contributed by atoms with E-state index in [-0.39, 0.29) is 5.91 Å². The molecule has 2 heterocycles. The molecular formula is C15H18N4OS. The summed E-state index contributed by atoms with van der Waals surface area (Å²) in [6, 6.07) is 10.2. The van der Waals surface area contributed by atoms with Crippen molar-refractivity contribution in [2.24, 2.45) is 0 Å².